The first-order valence-corrected chi connectivity index (χ1v) is 7.06. The van der Waals surface area contributed by atoms with Gasteiger partial charge in [-0.2, -0.15) is 0 Å². The molecule has 0 bridgehead atoms. The first-order chi connectivity index (χ1) is 11.1. The molecular formula is C14H21N3O6. The average Bonchev–Trinajstić information content (AvgIpc) is 2.58. The molecular weight excluding hydrogens is 306 g/mol. The maximum absolute atomic E-state index is 11.9. The van der Waals surface area contributed by atoms with Gasteiger partial charge in [-0.3, -0.25) is 4.90 Å². The van der Waals surface area contributed by atoms with E-state index in [1.807, 2.05) is 0 Å². The summed E-state index contributed by atoms with van der Waals surface area (Å²) in [6, 6.07) is 5.05. The molecule has 1 aromatic rings. The first kappa shape index (κ1) is 18.7. The third kappa shape index (κ3) is 6.94. The molecule has 9 nitrogen and oxygen atoms in total. The lowest BCUT2D eigenvalue weighted by molar-refractivity contribution is 0.0173. The Labute approximate surface area is 133 Å². The molecule has 0 saturated heterocycles. The van der Waals surface area contributed by atoms with Gasteiger partial charge in [0.1, 0.15) is 12.4 Å². The number of anilines is 1. The molecule has 1 aromatic heterocycles. The molecule has 2 amide bonds. The van der Waals surface area contributed by atoms with E-state index in [2.05, 4.69) is 10.3 Å². The third-order valence-electron chi connectivity index (χ3n) is 2.74. The van der Waals surface area contributed by atoms with Crippen LogP contribution in [0.3, 0.4) is 0 Å². The van der Waals surface area contributed by atoms with Crippen LogP contribution in [0.4, 0.5) is 15.4 Å². The fraction of sp³-hybridized carbons (Fsp3) is 0.500. The number of amides is 2. The first-order valence-electron chi connectivity index (χ1n) is 7.06. The number of pyridine rings is 1. The van der Waals surface area contributed by atoms with E-state index in [1.165, 1.54) is 18.1 Å². The molecule has 0 saturated carbocycles. The van der Waals surface area contributed by atoms with E-state index < -0.39 is 24.9 Å². The molecule has 1 rings (SSSR count). The zero-order valence-electron chi connectivity index (χ0n) is 12.8. The van der Waals surface area contributed by atoms with Crippen LogP contribution in [0, 0.1) is 0 Å². The van der Waals surface area contributed by atoms with Gasteiger partial charge in [-0.05, 0) is 18.6 Å². The Hall–Kier alpha value is -2.39. The Kier molecular flexibility index (Phi) is 8.40. The molecule has 0 fully saturated rings. The number of carbonyl (C=O) groups is 2. The van der Waals surface area contributed by atoms with Gasteiger partial charge in [0.2, 0.25) is 0 Å². The molecule has 1 unspecified atom stereocenters. The van der Waals surface area contributed by atoms with Crippen molar-refractivity contribution in [3.63, 3.8) is 0 Å². The molecule has 3 N–H and O–H groups in total. The van der Waals surface area contributed by atoms with E-state index in [4.69, 9.17) is 14.6 Å². The number of hydrogen-bond donors (Lipinski definition) is 3. The lowest BCUT2D eigenvalue weighted by atomic mass is 10.4. The molecule has 23 heavy (non-hydrogen) atoms. The van der Waals surface area contributed by atoms with Crippen molar-refractivity contribution in [3.05, 3.63) is 24.4 Å². The van der Waals surface area contributed by atoms with Crippen LogP contribution in [0.15, 0.2) is 24.4 Å². The molecule has 0 aliphatic carbocycles. The minimum Gasteiger partial charge on any atom is -0.446 e. The van der Waals surface area contributed by atoms with Gasteiger partial charge >= 0.3 is 12.2 Å². The summed E-state index contributed by atoms with van der Waals surface area (Å²) in [7, 11) is 1.47. The number of aliphatic hydroxyl groups is 2. The zero-order valence-corrected chi connectivity index (χ0v) is 12.8. The van der Waals surface area contributed by atoms with Crippen LogP contribution in [0.1, 0.15) is 6.42 Å². The van der Waals surface area contributed by atoms with Crippen LogP contribution in [0.5, 0.6) is 0 Å². The SMILES string of the molecule is CN(C(=O)OC(CO)COC(=O)NCCCO)c1ccccn1. The second kappa shape index (κ2) is 10.4. The topological polar surface area (TPSA) is 121 Å². The molecule has 1 heterocycles. The molecule has 0 aliphatic heterocycles. The Balaban J connectivity index is 2.40. The number of carbonyl (C=O) groups excluding carboxylic acids is 2. The quantitative estimate of drug-likeness (QED) is 0.580. The molecule has 128 valence electrons. The van der Waals surface area contributed by atoms with Crippen molar-refractivity contribution in [2.24, 2.45) is 0 Å². The zero-order chi connectivity index (χ0) is 17.1. The normalized spacial score (nSPS) is 11.4. The highest BCUT2D eigenvalue weighted by molar-refractivity contribution is 5.85. The summed E-state index contributed by atoms with van der Waals surface area (Å²) in [5.74, 6) is 0.386. The van der Waals surface area contributed by atoms with Gasteiger partial charge in [0, 0.05) is 26.4 Å². The molecule has 1 atom stereocenters. The van der Waals surface area contributed by atoms with Gasteiger partial charge in [-0.1, -0.05) is 6.07 Å². The van der Waals surface area contributed by atoms with E-state index in [0.717, 1.165) is 0 Å². The smallest absolute Gasteiger partial charge is 0.415 e. The van der Waals surface area contributed by atoms with Crippen molar-refractivity contribution in [3.8, 4) is 0 Å². The summed E-state index contributed by atoms with van der Waals surface area (Å²) >= 11 is 0. The van der Waals surface area contributed by atoms with Crippen molar-refractivity contribution in [1.29, 1.82) is 0 Å². The van der Waals surface area contributed by atoms with Crippen LogP contribution < -0.4 is 10.2 Å². The minimum absolute atomic E-state index is 0.0446. The lowest BCUT2D eigenvalue weighted by Crippen LogP contribution is -2.37. The summed E-state index contributed by atoms with van der Waals surface area (Å²) in [5, 5.41) is 20.2. The van der Waals surface area contributed by atoms with E-state index in [0.29, 0.717) is 12.2 Å². The van der Waals surface area contributed by atoms with Crippen molar-refractivity contribution in [1.82, 2.24) is 10.3 Å². The Morgan fingerprint density at radius 1 is 1.39 bits per heavy atom. The fourth-order valence-corrected chi connectivity index (χ4v) is 1.48. The monoisotopic (exact) mass is 327 g/mol. The summed E-state index contributed by atoms with van der Waals surface area (Å²) in [4.78, 5) is 28.4. The van der Waals surface area contributed by atoms with Crippen molar-refractivity contribution in [2.45, 2.75) is 12.5 Å². The Bertz CT molecular complexity index is 485. The van der Waals surface area contributed by atoms with Crippen LogP contribution in [0.2, 0.25) is 0 Å². The van der Waals surface area contributed by atoms with Gasteiger partial charge in [0.25, 0.3) is 0 Å². The average molecular weight is 327 g/mol. The summed E-state index contributed by atoms with van der Waals surface area (Å²) < 4.78 is 9.87. The Morgan fingerprint density at radius 2 is 2.17 bits per heavy atom. The van der Waals surface area contributed by atoms with Gasteiger partial charge < -0.3 is 25.0 Å². The Morgan fingerprint density at radius 3 is 2.78 bits per heavy atom. The second-order valence-corrected chi connectivity index (χ2v) is 4.54. The molecule has 0 aromatic carbocycles. The van der Waals surface area contributed by atoms with Crippen LogP contribution in [-0.2, 0) is 9.47 Å². The highest BCUT2D eigenvalue weighted by Gasteiger charge is 2.20. The largest absolute Gasteiger partial charge is 0.446 e. The van der Waals surface area contributed by atoms with Gasteiger partial charge in [-0.15, -0.1) is 0 Å². The number of hydrogen-bond acceptors (Lipinski definition) is 7. The minimum atomic E-state index is -0.989. The van der Waals surface area contributed by atoms with E-state index in [9.17, 15) is 14.7 Å². The number of nitrogens with zero attached hydrogens (tertiary/aromatic N) is 2. The second-order valence-electron chi connectivity index (χ2n) is 4.54. The van der Waals surface area contributed by atoms with Crippen LogP contribution in [-0.4, -0.2) is 66.9 Å². The molecule has 0 radical (unpaired) electrons. The summed E-state index contributed by atoms with van der Waals surface area (Å²) in [6.07, 6.45) is -0.500. The molecule has 9 heteroatoms. The number of nitrogens with one attached hydrogen (secondary N) is 1. The third-order valence-corrected chi connectivity index (χ3v) is 2.74. The summed E-state index contributed by atoms with van der Waals surface area (Å²) in [6.45, 7) is -0.562. The van der Waals surface area contributed by atoms with Crippen LogP contribution >= 0.6 is 0 Å². The van der Waals surface area contributed by atoms with E-state index >= 15 is 0 Å². The maximum Gasteiger partial charge on any atom is 0.415 e. The molecule has 0 aliphatic rings. The van der Waals surface area contributed by atoms with Gasteiger partial charge in [0.05, 0.1) is 6.61 Å². The van der Waals surface area contributed by atoms with Crippen molar-refractivity contribution >= 4 is 18.0 Å². The number of ether oxygens (including phenoxy) is 2. The number of aromatic nitrogens is 1. The van der Waals surface area contributed by atoms with Gasteiger partial charge in [-0.25, -0.2) is 14.6 Å². The van der Waals surface area contributed by atoms with E-state index in [1.54, 1.807) is 18.2 Å². The highest BCUT2D eigenvalue weighted by atomic mass is 16.6. The predicted molar refractivity (Wildman–Crippen MR) is 81.0 cm³/mol. The highest BCUT2D eigenvalue weighted by Crippen LogP contribution is 2.09. The van der Waals surface area contributed by atoms with Gasteiger partial charge in [0.15, 0.2) is 6.10 Å². The maximum atomic E-state index is 11.9. The van der Waals surface area contributed by atoms with Crippen molar-refractivity contribution in [2.75, 3.05) is 38.3 Å². The fourth-order valence-electron chi connectivity index (χ4n) is 1.48. The number of rotatable bonds is 8. The number of alkyl carbamates (subject to hydrolysis) is 1. The standard InChI is InChI=1S/C14H21N3O6/c1-17(12-5-2-3-6-15-12)14(21)23-11(9-19)10-22-13(20)16-7-4-8-18/h2-3,5-6,11,18-19H,4,7-10H2,1H3,(H,16,20). The number of aliphatic hydroxyl groups excluding tert-OH is 2. The lowest BCUT2D eigenvalue weighted by Gasteiger charge is -2.20. The van der Waals surface area contributed by atoms with Crippen LogP contribution in [0.25, 0.3) is 0 Å². The molecule has 0 spiro atoms. The van der Waals surface area contributed by atoms with Crippen molar-refractivity contribution < 1.29 is 29.3 Å². The van der Waals surface area contributed by atoms with E-state index in [-0.39, 0.29) is 19.8 Å². The predicted octanol–water partition coefficient (Wildman–Crippen LogP) is 0.124. The summed E-state index contributed by atoms with van der Waals surface area (Å²) in [5.41, 5.74) is 0.